The van der Waals surface area contributed by atoms with Crippen molar-refractivity contribution in [2.24, 2.45) is 0 Å². The predicted octanol–water partition coefficient (Wildman–Crippen LogP) is 1.84. The highest BCUT2D eigenvalue weighted by Gasteiger charge is 2.08. The van der Waals surface area contributed by atoms with Gasteiger partial charge in [-0.3, -0.25) is 4.79 Å². The van der Waals surface area contributed by atoms with Gasteiger partial charge in [-0.05, 0) is 18.4 Å². The Bertz CT molecular complexity index is 313. The Kier molecular flexibility index (Phi) is 3.47. The minimum atomic E-state index is -0.219. The molecule has 0 saturated carbocycles. The van der Waals surface area contributed by atoms with Crippen molar-refractivity contribution < 1.29 is 4.79 Å². The van der Waals surface area contributed by atoms with Gasteiger partial charge in [0.2, 0.25) is 5.91 Å². The molecule has 1 rings (SSSR count). The number of nitrogens with one attached hydrogen (secondary N) is 1. The van der Waals surface area contributed by atoms with Crippen LogP contribution >= 0.6 is 11.3 Å². The molecule has 1 atom stereocenters. The molecule has 1 heterocycles. The van der Waals surface area contributed by atoms with Crippen LogP contribution in [0.1, 0.15) is 24.3 Å². The maximum absolute atomic E-state index is 11.0. The van der Waals surface area contributed by atoms with E-state index in [0.29, 0.717) is 0 Å². The lowest BCUT2D eigenvalue weighted by molar-refractivity contribution is -0.120. The molecule has 1 aromatic rings. The maximum Gasteiger partial charge on any atom is 0.234 e. The van der Waals surface area contributed by atoms with Crippen molar-refractivity contribution in [3.8, 4) is 6.07 Å². The molecule has 1 N–H and O–H groups in total. The lowest BCUT2D eigenvalue weighted by Crippen LogP contribution is -2.25. The van der Waals surface area contributed by atoms with E-state index in [2.05, 4.69) is 5.32 Å². The van der Waals surface area contributed by atoms with Crippen LogP contribution in [0.2, 0.25) is 0 Å². The molecule has 0 fully saturated rings. The number of thiophene rings is 1. The Morgan fingerprint density at radius 3 is 3.15 bits per heavy atom. The van der Waals surface area contributed by atoms with E-state index in [1.54, 1.807) is 11.3 Å². The lowest BCUT2D eigenvalue weighted by atomic mass is 10.2. The molecule has 0 aliphatic carbocycles. The van der Waals surface area contributed by atoms with Crippen molar-refractivity contribution >= 4 is 17.2 Å². The third-order valence-electron chi connectivity index (χ3n) is 1.59. The molecule has 0 aliphatic heterocycles. The highest BCUT2D eigenvalue weighted by atomic mass is 32.1. The fourth-order valence-electron chi connectivity index (χ4n) is 0.973. The highest BCUT2D eigenvalue weighted by molar-refractivity contribution is 7.10. The smallest absolute Gasteiger partial charge is 0.234 e. The Labute approximate surface area is 81.0 Å². The van der Waals surface area contributed by atoms with Crippen molar-refractivity contribution in [2.45, 2.75) is 19.4 Å². The molecule has 0 aromatic carbocycles. The van der Waals surface area contributed by atoms with Crippen LogP contribution in [-0.2, 0) is 4.79 Å². The first-order valence-corrected chi connectivity index (χ1v) is 4.81. The fraction of sp³-hybridized carbons (Fsp3) is 0.333. The summed E-state index contributed by atoms with van der Waals surface area (Å²) in [6.45, 7) is 1.90. The standard InChI is InChI=1S/C9H10N2OS/c1-7(8-3-2-6-13-8)11-9(12)4-5-10/h2-3,6-7H,4H2,1H3,(H,11,12). The molecule has 0 spiro atoms. The minimum absolute atomic E-state index is 0.000787. The van der Waals surface area contributed by atoms with Crippen LogP contribution in [0.3, 0.4) is 0 Å². The molecule has 0 bridgehead atoms. The summed E-state index contributed by atoms with van der Waals surface area (Å²) >= 11 is 1.59. The lowest BCUT2D eigenvalue weighted by Gasteiger charge is -2.09. The first kappa shape index (κ1) is 9.75. The van der Waals surface area contributed by atoms with E-state index in [1.165, 1.54) is 0 Å². The van der Waals surface area contributed by atoms with Gasteiger partial charge in [-0.2, -0.15) is 5.26 Å². The van der Waals surface area contributed by atoms with Crippen LogP contribution in [0.15, 0.2) is 17.5 Å². The molecular weight excluding hydrogens is 184 g/mol. The summed E-state index contributed by atoms with van der Waals surface area (Å²) in [5.74, 6) is -0.219. The molecular formula is C9H10N2OS. The van der Waals surface area contributed by atoms with Gasteiger partial charge < -0.3 is 5.32 Å². The fourth-order valence-corrected chi connectivity index (χ4v) is 1.71. The Morgan fingerprint density at radius 2 is 2.62 bits per heavy atom. The second-order valence-corrected chi connectivity index (χ2v) is 3.62. The second-order valence-electron chi connectivity index (χ2n) is 2.64. The number of amides is 1. The van der Waals surface area contributed by atoms with Crippen LogP contribution in [0.4, 0.5) is 0 Å². The van der Waals surface area contributed by atoms with Crippen molar-refractivity contribution in [3.05, 3.63) is 22.4 Å². The van der Waals surface area contributed by atoms with Crippen molar-refractivity contribution in [1.82, 2.24) is 5.32 Å². The quantitative estimate of drug-likeness (QED) is 0.798. The van der Waals surface area contributed by atoms with E-state index in [4.69, 9.17) is 5.26 Å². The van der Waals surface area contributed by atoms with Crippen LogP contribution in [0.25, 0.3) is 0 Å². The van der Waals surface area contributed by atoms with Gasteiger partial charge in [0.15, 0.2) is 0 Å². The number of hydrogen-bond acceptors (Lipinski definition) is 3. The third-order valence-corrected chi connectivity index (χ3v) is 2.64. The molecule has 13 heavy (non-hydrogen) atoms. The first-order valence-electron chi connectivity index (χ1n) is 3.93. The number of carbonyl (C=O) groups excluding carboxylic acids is 1. The normalized spacial score (nSPS) is 11.7. The van der Waals surface area contributed by atoms with E-state index in [1.807, 2.05) is 30.5 Å². The molecule has 68 valence electrons. The molecule has 1 unspecified atom stereocenters. The van der Waals surface area contributed by atoms with Crippen LogP contribution in [0.5, 0.6) is 0 Å². The van der Waals surface area contributed by atoms with Gasteiger partial charge in [0.25, 0.3) is 0 Å². The SMILES string of the molecule is CC(NC(=O)CC#N)c1cccs1. The second kappa shape index (κ2) is 4.63. The van der Waals surface area contributed by atoms with Crippen molar-refractivity contribution in [1.29, 1.82) is 5.26 Å². The van der Waals surface area contributed by atoms with Crippen molar-refractivity contribution in [3.63, 3.8) is 0 Å². The molecule has 1 amide bonds. The zero-order valence-electron chi connectivity index (χ0n) is 7.28. The number of carbonyl (C=O) groups is 1. The van der Waals surface area contributed by atoms with Gasteiger partial charge in [0, 0.05) is 4.88 Å². The molecule has 3 nitrogen and oxygen atoms in total. The average Bonchev–Trinajstić information content (AvgIpc) is 2.55. The summed E-state index contributed by atoms with van der Waals surface area (Å²) in [4.78, 5) is 12.1. The van der Waals surface area contributed by atoms with Gasteiger partial charge in [-0.25, -0.2) is 0 Å². The van der Waals surface area contributed by atoms with E-state index in [-0.39, 0.29) is 18.4 Å². The summed E-state index contributed by atoms with van der Waals surface area (Å²) in [5, 5.41) is 13.0. The zero-order chi connectivity index (χ0) is 9.68. The Morgan fingerprint density at radius 1 is 1.85 bits per heavy atom. The molecule has 1 aromatic heterocycles. The number of rotatable bonds is 3. The Hall–Kier alpha value is -1.34. The molecule has 0 aliphatic rings. The summed E-state index contributed by atoms with van der Waals surface area (Å²) in [6, 6.07) is 5.71. The molecule has 0 radical (unpaired) electrons. The summed E-state index contributed by atoms with van der Waals surface area (Å²) in [6.07, 6.45) is -0.0737. The van der Waals surface area contributed by atoms with Gasteiger partial charge in [0.05, 0.1) is 12.1 Å². The monoisotopic (exact) mass is 194 g/mol. The van der Waals surface area contributed by atoms with Gasteiger partial charge in [-0.15, -0.1) is 11.3 Å². The van der Waals surface area contributed by atoms with E-state index in [9.17, 15) is 4.79 Å². The van der Waals surface area contributed by atoms with Crippen LogP contribution in [0, 0.1) is 11.3 Å². The average molecular weight is 194 g/mol. The number of nitrogens with zero attached hydrogens (tertiary/aromatic N) is 1. The topological polar surface area (TPSA) is 52.9 Å². The summed E-state index contributed by atoms with van der Waals surface area (Å²) in [5.41, 5.74) is 0. The number of hydrogen-bond donors (Lipinski definition) is 1. The number of nitriles is 1. The van der Waals surface area contributed by atoms with Crippen molar-refractivity contribution in [2.75, 3.05) is 0 Å². The highest BCUT2D eigenvalue weighted by Crippen LogP contribution is 2.17. The largest absolute Gasteiger partial charge is 0.348 e. The van der Waals surface area contributed by atoms with E-state index < -0.39 is 0 Å². The summed E-state index contributed by atoms with van der Waals surface area (Å²) in [7, 11) is 0. The first-order chi connectivity index (χ1) is 6.24. The van der Waals surface area contributed by atoms with Crippen LogP contribution < -0.4 is 5.32 Å². The molecule has 0 saturated heterocycles. The van der Waals surface area contributed by atoms with E-state index in [0.717, 1.165) is 4.88 Å². The minimum Gasteiger partial charge on any atom is -0.348 e. The zero-order valence-corrected chi connectivity index (χ0v) is 8.10. The van der Waals surface area contributed by atoms with Gasteiger partial charge in [0.1, 0.15) is 6.42 Å². The molecule has 4 heteroatoms. The summed E-state index contributed by atoms with van der Waals surface area (Å²) < 4.78 is 0. The third kappa shape index (κ3) is 2.88. The van der Waals surface area contributed by atoms with E-state index >= 15 is 0 Å². The van der Waals surface area contributed by atoms with Gasteiger partial charge in [-0.1, -0.05) is 6.07 Å². The maximum atomic E-state index is 11.0. The van der Waals surface area contributed by atoms with Crippen LogP contribution in [-0.4, -0.2) is 5.91 Å². The Balaban J connectivity index is 2.47. The van der Waals surface area contributed by atoms with Gasteiger partial charge >= 0.3 is 0 Å². The predicted molar refractivity (Wildman–Crippen MR) is 51.1 cm³/mol.